The zero-order valence-corrected chi connectivity index (χ0v) is 18.0. The zero-order chi connectivity index (χ0) is 22.5. The van der Waals surface area contributed by atoms with Gasteiger partial charge in [0.05, 0.1) is 24.7 Å². The lowest BCUT2D eigenvalue weighted by Crippen LogP contribution is -2.36. The van der Waals surface area contributed by atoms with Gasteiger partial charge in [0.2, 0.25) is 5.91 Å². The van der Waals surface area contributed by atoms with Gasteiger partial charge in [0.15, 0.2) is 0 Å². The van der Waals surface area contributed by atoms with E-state index in [1.807, 2.05) is 72.2 Å². The van der Waals surface area contributed by atoms with Crippen LogP contribution >= 0.6 is 0 Å². The van der Waals surface area contributed by atoms with Crippen molar-refractivity contribution >= 4 is 22.8 Å². The molecule has 1 aromatic heterocycles. The van der Waals surface area contributed by atoms with Crippen molar-refractivity contribution in [2.24, 2.45) is 0 Å². The number of hydrogen-bond donors (Lipinski definition) is 2. The van der Waals surface area contributed by atoms with E-state index in [1.54, 1.807) is 19.2 Å². The highest BCUT2D eigenvalue weighted by molar-refractivity contribution is 5.99. The summed E-state index contributed by atoms with van der Waals surface area (Å²) in [6.45, 7) is 2.20. The van der Waals surface area contributed by atoms with Gasteiger partial charge in [-0.15, -0.1) is 0 Å². The quantitative estimate of drug-likeness (QED) is 0.473. The lowest BCUT2D eigenvalue weighted by Gasteiger charge is -2.08. The normalized spacial score (nSPS) is 10.7. The Bertz CT molecular complexity index is 1250. The highest BCUT2D eigenvalue weighted by Gasteiger charge is 2.13. The minimum Gasteiger partial charge on any atom is -0.497 e. The first-order valence-corrected chi connectivity index (χ1v) is 10.3. The van der Waals surface area contributed by atoms with Crippen LogP contribution in [0.4, 0.5) is 0 Å². The molecule has 0 unspecified atom stereocenters. The minimum atomic E-state index is -0.321. The van der Waals surface area contributed by atoms with Gasteiger partial charge in [0.1, 0.15) is 11.6 Å². The molecule has 3 aromatic carbocycles. The fourth-order valence-electron chi connectivity index (χ4n) is 3.51. The van der Waals surface area contributed by atoms with Gasteiger partial charge in [-0.25, -0.2) is 4.98 Å². The molecule has 0 atom stereocenters. The van der Waals surface area contributed by atoms with Crippen LogP contribution in [-0.4, -0.2) is 35.0 Å². The molecule has 2 N–H and O–H groups in total. The van der Waals surface area contributed by atoms with Crippen molar-refractivity contribution in [3.8, 4) is 11.4 Å². The van der Waals surface area contributed by atoms with Crippen molar-refractivity contribution < 1.29 is 14.3 Å². The fraction of sp³-hybridized carbons (Fsp3) is 0.160. The number of imidazole rings is 1. The van der Waals surface area contributed by atoms with Gasteiger partial charge >= 0.3 is 0 Å². The Kier molecular flexibility index (Phi) is 6.17. The van der Waals surface area contributed by atoms with Crippen LogP contribution in [0.3, 0.4) is 0 Å². The summed E-state index contributed by atoms with van der Waals surface area (Å²) in [4.78, 5) is 29.3. The average molecular weight is 428 g/mol. The van der Waals surface area contributed by atoms with Crippen LogP contribution in [0.1, 0.15) is 21.7 Å². The van der Waals surface area contributed by atoms with Gasteiger partial charge in [0, 0.05) is 17.8 Å². The number of nitrogens with one attached hydrogen (secondary N) is 2. The summed E-state index contributed by atoms with van der Waals surface area (Å²) in [5.74, 6) is 1.01. The second-order valence-electron chi connectivity index (χ2n) is 7.34. The van der Waals surface area contributed by atoms with Gasteiger partial charge < -0.3 is 15.4 Å². The molecule has 2 amide bonds. The molecule has 162 valence electrons. The molecular weight excluding hydrogens is 404 g/mol. The Morgan fingerprint density at radius 2 is 1.72 bits per heavy atom. The number of amides is 2. The van der Waals surface area contributed by atoms with Gasteiger partial charge in [-0.05, 0) is 55.0 Å². The SMILES string of the molecule is COc1ccc(CNC(=O)CNC(=O)c2ccc3c(c2)nc(C)n3-c2ccccc2)cc1. The van der Waals surface area contributed by atoms with E-state index < -0.39 is 0 Å². The predicted octanol–water partition coefficient (Wildman–Crippen LogP) is 3.39. The lowest BCUT2D eigenvalue weighted by atomic mass is 10.2. The third-order valence-corrected chi connectivity index (χ3v) is 5.16. The number of para-hydroxylation sites is 1. The Hall–Kier alpha value is -4.13. The van der Waals surface area contributed by atoms with Crippen LogP contribution in [0.15, 0.2) is 72.8 Å². The number of carbonyl (C=O) groups excluding carboxylic acids is 2. The third kappa shape index (κ3) is 4.62. The summed E-state index contributed by atoms with van der Waals surface area (Å²) in [6.07, 6.45) is 0. The molecule has 1 heterocycles. The van der Waals surface area contributed by atoms with Gasteiger partial charge in [-0.3, -0.25) is 14.2 Å². The second-order valence-corrected chi connectivity index (χ2v) is 7.34. The number of carbonyl (C=O) groups is 2. The maximum atomic E-state index is 12.6. The molecule has 0 spiro atoms. The highest BCUT2D eigenvalue weighted by Crippen LogP contribution is 2.22. The maximum absolute atomic E-state index is 12.6. The van der Waals surface area contributed by atoms with Crippen LogP contribution < -0.4 is 15.4 Å². The first-order valence-electron chi connectivity index (χ1n) is 10.3. The van der Waals surface area contributed by atoms with Crippen molar-refractivity contribution in [3.63, 3.8) is 0 Å². The van der Waals surface area contributed by atoms with E-state index >= 15 is 0 Å². The summed E-state index contributed by atoms with van der Waals surface area (Å²) in [7, 11) is 1.60. The van der Waals surface area contributed by atoms with Crippen LogP contribution in [-0.2, 0) is 11.3 Å². The molecule has 0 bridgehead atoms. The molecule has 7 heteroatoms. The Labute approximate surface area is 186 Å². The van der Waals surface area contributed by atoms with Gasteiger partial charge in [-0.2, -0.15) is 0 Å². The molecule has 4 rings (SSSR count). The van der Waals surface area contributed by atoms with Crippen molar-refractivity contribution in [2.45, 2.75) is 13.5 Å². The van der Waals surface area contributed by atoms with Gasteiger partial charge in [0.25, 0.3) is 5.91 Å². The van der Waals surface area contributed by atoms with E-state index in [1.165, 1.54) is 0 Å². The standard InChI is InChI=1S/C25H24N4O3/c1-17-28-22-14-19(10-13-23(22)29(17)20-6-4-3-5-7-20)25(31)27-16-24(30)26-15-18-8-11-21(32-2)12-9-18/h3-14H,15-16H2,1-2H3,(H,26,30)(H,27,31). The minimum absolute atomic E-state index is 0.107. The number of hydrogen-bond acceptors (Lipinski definition) is 4. The molecule has 0 aliphatic rings. The predicted molar refractivity (Wildman–Crippen MR) is 123 cm³/mol. The largest absolute Gasteiger partial charge is 0.497 e. The van der Waals surface area contributed by atoms with Crippen molar-refractivity contribution in [1.29, 1.82) is 0 Å². The lowest BCUT2D eigenvalue weighted by molar-refractivity contribution is -0.120. The first-order chi connectivity index (χ1) is 15.5. The summed E-state index contributed by atoms with van der Waals surface area (Å²) >= 11 is 0. The van der Waals surface area contributed by atoms with Crippen LogP contribution in [0.5, 0.6) is 5.75 Å². The summed E-state index contributed by atoms with van der Waals surface area (Å²) in [5.41, 5.74) is 4.06. The molecule has 0 aliphatic carbocycles. The molecule has 0 fully saturated rings. The van der Waals surface area contributed by atoms with E-state index in [-0.39, 0.29) is 18.4 Å². The molecular formula is C25H24N4O3. The Morgan fingerprint density at radius 3 is 2.44 bits per heavy atom. The van der Waals surface area contributed by atoms with E-state index in [0.29, 0.717) is 12.1 Å². The number of methoxy groups -OCH3 is 1. The average Bonchev–Trinajstić information content (AvgIpc) is 3.16. The number of ether oxygens (including phenoxy) is 1. The molecule has 0 aliphatic heterocycles. The number of rotatable bonds is 7. The molecule has 7 nitrogen and oxygen atoms in total. The first kappa shape index (κ1) is 21.1. The van der Waals surface area contributed by atoms with E-state index in [0.717, 1.165) is 33.9 Å². The second kappa shape index (κ2) is 9.34. The molecule has 0 radical (unpaired) electrons. The fourth-order valence-corrected chi connectivity index (χ4v) is 3.51. The van der Waals surface area contributed by atoms with Crippen molar-refractivity contribution in [1.82, 2.24) is 20.2 Å². The van der Waals surface area contributed by atoms with E-state index in [9.17, 15) is 9.59 Å². The molecule has 0 saturated carbocycles. The monoisotopic (exact) mass is 428 g/mol. The Morgan fingerprint density at radius 1 is 0.969 bits per heavy atom. The smallest absolute Gasteiger partial charge is 0.251 e. The van der Waals surface area contributed by atoms with Crippen LogP contribution in [0.25, 0.3) is 16.7 Å². The Balaban J connectivity index is 1.37. The van der Waals surface area contributed by atoms with E-state index in [2.05, 4.69) is 15.6 Å². The van der Waals surface area contributed by atoms with Crippen LogP contribution in [0.2, 0.25) is 0 Å². The topological polar surface area (TPSA) is 85.2 Å². The zero-order valence-electron chi connectivity index (χ0n) is 18.0. The highest BCUT2D eigenvalue weighted by atomic mass is 16.5. The number of nitrogens with zero attached hydrogens (tertiary/aromatic N) is 2. The maximum Gasteiger partial charge on any atom is 0.251 e. The summed E-state index contributed by atoms with van der Waals surface area (Å²) in [5, 5.41) is 5.46. The van der Waals surface area contributed by atoms with Crippen molar-refractivity contribution in [2.75, 3.05) is 13.7 Å². The molecule has 4 aromatic rings. The number of aromatic nitrogens is 2. The number of benzene rings is 3. The van der Waals surface area contributed by atoms with Crippen molar-refractivity contribution in [3.05, 3.63) is 89.7 Å². The number of fused-ring (bicyclic) bond motifs is 1. The number of aryl methyl sites for hydroxylation is 1. The van der Waals surface area contributed by atoms with Gasteiger partial charge in [-0.1, -0.05) is 30.3 Å². The summed E-state index contributed by atoms with van der Waals surface area (Å²) < 4.78 is 7.16. The molecule has 32 heavy (non-hydrogen) atoms. The van der Waals surface area contributed by atoms with E-state index in [4.69, 9.17) is 4.74 Å². The van der Waals surface area contributed by atoms with Crippen LogP contribution in [0, 0.1) is 6.92 Å². The third-order valence-electron chi connectivity index (χ3n) is 5.16. The molecule has 0 saturated heterocycles. The summed E-state index contributed by atoms with van der Waals surface area (Å²) in [6, 6.07) is 22.7.